The predicted molar refractivity (Wildman–Crippen MR) is 64.2 cm³/mol. The fourth-order valence-corrected chi connectivity index (χ4v) is 1.87. The Morgan fingerprint density at radius 3 is 1.12 bits per heavy atom. The van der Waals surface area contributed by atoms with Crippen LogP contribution < -0.4 is 0 Å². The number of hydrogen-bond acceptors (Lipinski definition) is 4. The summed E-state index contributed by atoms with van der Waals surface area (Å²) in [4.78, 5) is 0. The summed E-state index contributed by atoms with van der Waals surface area (Å²) < 4.78 is 0. The summed E-state index contributed by atoms with van der Waals surface area (Å²) in [6.45, 7) is 7.81. The van der Waals surface area contributed by atoms with E-state index in [9.17, 15) is 0 Å². The maximum absolute atomic E-state index is 8.63. The molecule has 0 heterocycles. The molecule has 0 atom stereocenters. The van der Waals surface area contributed by atoms with Crippen LogP contribution in [-0.4, -0.2) is 22.8 Å². The summed E-state index contributed by atoms with van der Waals surface area (Å²) in [6.07, 6.45) is 2.87. The van der Waals surface area contributed by atoms with E-state index in [1.54, 1.807) is 0 Å². The van der Waals surface area contributed by atoms with Crippen LogP contribution in [0.15, 0.2) is 10.3 Å². The Bertz CT molecular complexity index is 391. The third-order valence-electron chi connectivity index (χ3n) is 3.11. The Hall–Kier alpha value is -1.84. The van der Waals surface area contributed by atoms with Crippen LogP contribution in [0.25, 0.3) is 0 Å². The summed E-state index contributed by atoms with van der Waals surface area (Å²) in [7, 11) is 0. The van der Waals surface area contributed by atoms with Gasteiger partial charge in [0.25, 0.3) is 0 Å². The monoisotopic (exact) mass is 220 g/mol. The minimum Gasteiger partial charge on any atom is -0.411 e. The van der Waals surface area contributed by atoms with Crippen LogP contribution in [0.3, 0.4) is 0 Å². The van der Waals surface area contributed by atoms with E-state index >= 15 is 0 Å². The second-order valence-corrected chi connectivity index (χ2v) is 3.82. The highest BCUT2D eigenvalue weighted by Gasteiger charge is 2.12. The maximum atomic E-state index is 8.63. The number of benzene rings is 1. The smallest absolute Gasteiger partial charge is 0.0739 e. The van der Waals surface area contributed by atoms with Gasteiger partial charge < -0.3 is 10.4 Å². The molecular weight excluding hydrogens is 204 g/mol. The first-order valence-electron chi connectivity index (χ1n) is 4.99. The zero-order valence-electron chi connectivity index (χ0n) is 9.94. The molecule has 0 saturated heterocycles. The molecule has 2 N–H and O–H groups in total. The number of hydrogen-bond donors (Lipinski definition) is 2. The maximum Gasteiger partial charge on any atom is 0.0739 e. The van der Waals surface area contributed by atoms with Gasteiger partial charge in [-0.15, -0.1) is 0 Å². The van der Waals surface area contributed by atoms with Gasteiger partial charge in [0.2, 0.25) is 0 Å². The van der Waals surface area contributed by atoms with E-state index < -0.39 is 0 Å². The van der Waals surface area contributed by atoms with Gasteiger partial charge in [0.05, 0.1) is 12.4 Å². The topological polar surface area (TPSA) is 65.2 Å². The second-order valence-electron chi connectivity index (χ2n) is 3.82. The Morgan fingerprint density at radius 2 is 0.938 bits per heavy atom. The lowest BCUT2D eigenvalue weighted by molar-refractivity contribution is 0.321. The summed E-state index contributed by atoms with van der Waals surface area (Å²) in [5.41, 5.74) is 5.92. The van der Waals surface area contributed by atoms with Crippen LogP contribution in [0.2, 0.25) is 0 Å². The highest BCUT2D eigenvalue weighted by Crippen LogP contribution is 2.24. The van der Waals surface area contributed by atoms with E-state index in [2.05, 4.69) is 10.3 Å². The molecule has 0 unspecified atom stereocenters. The molecule has 16 heavy (non-hydrogen) atoms. The van der Waals surface area contributed by atoms with E-state index in [1.165, 1.54) is 12.4 Å². The Labute approximate surface area is 94.9 Å². The molecule has 1 rings (SSSR count). The fourth-order valence-electron chi connectivity index (χ4n) is 1.87. The van der Waals surface area contributed by atoms with Crippen molar-refractivity contribution >= 4 is 12.4 Å². The molecule has 4 heteroatoms. The van der Waals surface area contributed by atoms with Crippen LogP contribution in [0, 0.1) is 27.7 Å². The molecule has 0 fully saturated rings. The normalized spacial score (nSPS) is 11.8. The van der Waals surface area contributed by atoms with Crippen molar-refractivity contribution < 1.29 is 10.4 Å². The van der Waals surface area contributed by atoms with E-state index in [0.717, 1.165) is 33.4 Å². The van der Waals surface area contributed by atoms with Gasteiger partial charge in [-0.2, -0.15) is 0 Å². The highest BCUT2D eigenvalue weighted by atomic mass is 16.4. The molecule has 0 bridgehead atoms. The summed E-state index contributed by atoms with van der Waals surface area (Å²) in [5.74, 6) is 0. The SMILES string of the molecule is Cc1c(C)c(/C=N/O)c(C)c(C)c1/C=N\O. The largest absolute Gasteiger partial charge is 0.411 e. The van der Waals surface area contributed by atoms with Crippen molar-refractivity contribution in [2.75, 3.05) is 0 Å². The van der Waals surface area contributed by atoms with Crippen molar-refractivity contribution in [3.8, 4) is 0 Å². The van der Waals surface area contributed by atoms with Crippen molar-refractivity contribution in [2.45, 2.75) is 27.7 Å². The molecule has 1 aromatic rings. The van der Waals surface area contributed by atoms with Crippen LogP contribution in [0.1, 0.15) is 33.4 Å². The zero-order chi connectivity index (χ0) is 12.3. The van der Waals surface area contributed by atoms with E-state index in [-0.39, 0.29) is 0 Å². The first kappa shape index (κ1) is 12.2. The second kappa shape index (κ2) is 4.79. The zero-order valence-corrected chi connectivity index (χ0v) is 9.94. The summed E-state index contributed by atoms with van der Waals surface area (Å²) >= 11 is 0. The van der Waals surface area contributed by atoms with Gasteiger partial charge in [-0.25, -0.2) is 0 Å². The van der Waals surface area contributed by atoms with Gasteiger partial charge in [0.1, 0.15) is 0 Å². The summed E-state index contributed by atoms with van der Waals surface area (Å²) in [6, 6.07) is 0. The van der Waals surface area contributed by atoms with Crippen molar-refractivity contribution in [2.24, 2.45) is 10.3 Å². The van der Waals surface area contributed by atoms with E-state index in [0.29, 0.717) is 0 Å². The van der Waals surface area contributed by atoms with Crippen molar-refractivity contribution in [1.82, 2.24) is 0 Å². The minimum atomic E-state index is 0.910. The van der Waals surface area contributed by atoms with Gasteiger partial charge in [-0.05, 0) is 49.9 Å². The minimum absolute atomic E-state index is 0.910. The Morgan fingerprint density at radius 1 is 0.688 bits per heavy atom. The van der Waals surface area contributed by atoms with Gasteiger partial charge in [0.15, 0.2) is 0 Å². The number of oxime groups is 2. The lowest BCUT2D eigenvalue weighted by Gasteiger charge is -2.15. The van der Waals surface area contributed by atoms with Crippen LogP contribution in [-0.2, 0) is 0 Å². The standard InChI is InChI=1S/C12H16N2O2/c1-7-8(2)12(6-14-16)10(4)9(3)11(7)5-13-15/h5-6,15-16H,1-4H3/b13-5-,14-6+. The van der Waals surface area contributed by atoms with Crippen molar-refractivity contribution in [3.05, 3.63) is 33.4 Å². The van der Waals surface area contributed by atoms with E-state index in [4.69, 9.17) is 10.4 Å². The third kappa shape index (κ3) is 1.91. The highest BCUT2D eigenvalue weighted by molar-refractivity contribution is 5.91. The average molecular weight is 220 g/mol. The number of nitrogens with zero attached hydrogens (tertiary/aromatic N) is 2. The van der Waals surface area contributed by atoms with Crippen LogP contribution in [0.5, 0.6) is 0 Å². The molecule has 1 aromatic carbocycles. The quantitative estimate of drug-likeness (QED) is 0.457. The Balaban J connectivity index is 3.62. The average Bonchev–Trinajstić information content (AvgIpc) is 2.28. The molecule has 0 aliphatic rings. The lowest BCUT2D eigenvalue weighted by atomic mass is 9.90. The first-order chi connectivity index (χ1) is 7.54. The molecule has 0 saturated carbocycles. The molecule has 0 aliphatic heterocycles. The molecule has 4 nitrogen and oxygen atoms in total. The van der Waals surface area contributed by atoms with Crippen molar-refractivity contribution in [1.29, 1.82) is 0 Å². The van der Waals surface area contributed by atoms with Gasteiger partial charge in [-0.1, -0.05) is 10.3 Å². The first-order valence-corrected chi connectivity index (χ1v) is 4.99. The molecule has 0 aromatic heterocycles. The molecular formula is C12H16N2O2. The number of rotatable bonds is 2. The Kier molecular flexibility index (Phi) is 3.66. The van der Waals surface area contributed by atoms with Gasteiger partial charge in [0, 0.05) is 11.1 Å². The molecule has 86 valence electrons. The van der Waals surface area contributed by atoms with Gasteiger partial charge >= 0.3 is 0 Å². The predicted octanol–water partition coefficient (Wildman–Crippen LogP) is 2.54. The molecule has 0 aliphatic carbocycles. The van der Waals surface area contributed by atoms with E-state index in [1.807, 2.05) is 27.7 Å². The van der Waals surface area contributed by atoms with Gasteiger partial charge in [-0.3, -0.25) is 0 Å². The van der Waals surface area contributed by atoms with Crippen LogP contribution >= 0.6 is 0 Å². The fraction of sp³-hybridized carbons (Fsp3) is 0.333. The third-order valence-corrected chi connectivity index (χ3v) is 3.11. The lowest BCUT2D eigenvalue weighted by Crippen LogP contribution is -2.04. The summed E-state index contributed by atoms with van der Waals surface area (Å²) in [5, 5.41) is 23.4. The van der Waals surface area contributed by atoms with Crippen molar-refractivity contribution in [3.63, 3.8) is 0 Å². The van der Waals surface area contributed by atoms with Crippen LogP contribution in [0.4, 0.5) is 0 Å². The molecule has 0 spiro atoms. The molecule has 0 radical (unpaired) electrons. The molecule has 0 amide bonds.